The predicted octanol–water partition coefficient (Wildman–Crippen LogP) is 4.86. The van der Waals surface area contributed by atoms with Gasteiger partial charge in [0.2, 0.25) is 11.8 Å². The van der Waals surface area contributed by atoms with Gasteiger partial charge in [0.1, 0.15) is 11.0 Å². The summed E-state index contributed by atoms with van der Waals surface area (Å²) < 4.78 is 5.19. The van der Waals surface area contributed by atoms with Crippen molar-refractivity contribution in [3.63, 3.8) is 0 Å². The molecule has 152 valence electrons. The van der Waals surface area contributed by atoms with Gasteiger partial charge in [0.15, 0.2) is 5.17 Å². The van der Waals surface area contributed by atoms with Crippen LogP contribution in [0.4, 0.5) is 11.4 Å². The van der Waals surface area contributed by atoms with Crippen LogP contribution in [-0.4, -0.2) is 35.9 Å². The molecule has 1 N–H and O–H groups in total. The fourth-order valence-corrected chi connectivity index (χ4v) is 4.46. The number of amidine groups is 1. The minimum absolute atomic E-state index is 0.0847. The number of amides is 2. The number of carbonyl (C=O) groups excluding carboxylic acids is 2. The number of nitrogens with one attached hydrogen (secondary N) is 1. The number of ether oxygens (including phenoxy) is 1. The highest BCUT2D eigenvalue weighted by Gasteiger charge is 2.41. The van der Waals surface area contributed by atoms with Crippen molar-refractivity contribution in [1.82, 2.24) is 0 Å². The van der Waals surface area contributed by atoms with Gasteiger partial charge in [0.25, 0.3) is 0 Å². The minimum atomic E-state index is -0.582. The highest BCUT2D eigenvalue weighted by Crippen LogP contribution is 2.32. The van der Waals surface area contributed by atoms with Crippen molar-refractivity contribution >= 4 is 63.3 Å². The summed E-state index contributed by atoms with van der Waals surface area (Å²) in [5.74, 6) is 0.0253. The Kier molecular flexibility index (Phi) is 7.05. The molecule has 1 aliphatic heterocycles. The van der Waals surface area contributed by atoms with Gasteiger partial charge in [-0.2, -0.15) is 0 Å². The normalized spacial score (nSPS) is 17.0. The number of anilines is 2. The van der Waals surface area contributed by atoms with E-state index in [9.17, 15) is 9.59 Å². The number of methoxy groups -OCH3 is 1. The Morgan fingerprint density at radius 1 is 1.24 bits per heavy atom. The fourth-order valence-electron chi connectivity index (χ4n) is 2.85. The molecule has 2 aromatic carbocycles. The van der Waals surface area contributed by atoms with Gasteiger partial charge in [0.05, 0.1) is 12.8 Å². The molecule has 1 heterocycles. The summed E-state index contributed by atoms with van der Waals surface area (Å²) in [5, 5.41) is 4.04. The maximum absolute atomic E-state index is 12.9. The van der Waals surface area contributed by atoms with E-state index in [0.29, 0.717) is 38.9 Å². The van der Waals surface area contributed by atoms with Gasteiger partial charge < -0.3 is 10.1 Å². The van der Waals surface area contributed by atoms with E-state index in [0.717, 1.165) is 0 Å². The molecular weight excluding hydrogens is 433 g/mol. The molecule has 9 heteroatoms. The minimum Gasteiger partial charge on any atom is -0.497 e. The molecule has 0 aliphatic carbocycles. The molecule has 2 amide bonds. The first-order valence-electron chi connectivity index (χ1n) is 8.86. The predicted molar refractivity (Wildman–Crippen MR) is 120 cm³/mol. The summed E-state index contributed by atoms with van der Waals surface area (Å²) in [4.78, 5) is 31.1. The number of benzene rings is 2. The molecule has 1 fully saturated rings. The number of rotatable bonds is 5. The van der Waals surface area contributed by atoms with Gasteiger partial charge in [-0.05, 0) is 37.3 Å². The molecule has 0 aromatic heterocycles. The van der Waals surface area contributed by atoms with E-state index < -0.39 is 5.25 Å². The second kappa shape index (κ2) is 9.52. The first-order chi connectivity index (χ1) is 13.9. The number of halogens is 2. The molecular formula is C20H19Cl2N3O3S. The second-order valence-electron chi connectivity index (χ2n) is 6.14. The van der Waals surface area contributed by atoms with Gasteiger partial charge in [-0.15, -0.1) is 0 Å². The van der Waals surface area contributed by atoms with E-state index in [1.807, 2.05) is 6.92 Å². The molecule has 1 saturated heterocycles. The van der Waals surface area contributed by atoms with E-state index in [2.05, 4.69) is 10.3 Å². The van der Waals surface area contributed by atoms with E-state index in [1.165, 1.54) is 23.8 Å². The highest BCUT2D eigenvalue weighted by molar-refractivity contribution is 8.15. The van der Waals surface area contributed by atoms with Crippen molar-refractivity contribution in [2.24, 2.45) is 4.99 Å². The summed E-state index contributed by atoms with van der Waals surface area (Å²) in [7, 11) is 1.53. The maximum Gasteiger partial charge on any atom is 0.247 e. The van der Waals surface area contributed by atoms with Crippen molar-refractivity contribution in [1.29, 1.82) is 0 Å². The maximum atomic E-state index is 12.9. The molecule has 2 aromatic rings. The van der Waals surface area contributed by atoms with E-state index in [-0.39, 0.29) is 18.2 Å². The van der Waals surface area contributed by atoms with E-state index in [4.69, 9.17) is 27.9 Å². The molecule has 29 heavy (non-hydrogen) atoms. The first-order valence-corrected chi connectivity index (χ1v) is 10.5. The third kappa shape index (κ3) is 5.23. The average molecular weight is 452 g/mol. The molecule has 0 unspecified atom stereocenters. The smallest absolute Gasteiger partial charge is 0.247 e. The van der Waals surface area contributed by atoms with Crippen molar-refractivity contribution in [3.05, 3.63) is 52.5 Å². The third-order valence-electron chi connectivity index (χ3n) is 4.09. The van der Waals surface area contributed by atoms with Crippen LogP contribution in [0.2, 0.25) is 10.0 Å². The zero-order chi connectivity index (χ0) is 21.0. The van der Waals surface area contributed by atoms with Crippen molar-refractivity contribution in [3.8, 4) is 5.75 Å². The van der Waals surface area contributed by atoms with Gasteiger partial charge in [-0.3, -0.25) is 14.6 Å². The van der Waals surface area contributed by atoms with Crippen molar-refractivity contribution in [2.45, 2.75) is 18.6 Å². The van der Waals surface area contributed by atoms with Crippen LogP contribution in [0.15, 0.2) is 47.5 Å². The summed E-state index contributed by atoms with van der Waals surface area (Å²) in [6, 6.07) is 11.9. The summed E-state index contributed by atoms with van der Waals surface area (Å²) in [6.07, 6.45) is 0.0847. The molecule has 0 spiro atoms. The lowest BCUT2D eigenvalue weighted by molar-refractivity contribution is -0.121. The largest absolute Gasteiger partial charge is 0.497 e. The number of nitrogens with zero attached hydrogens (tertiary/aromatic N) is 2. The van der Waals surface area contributed by atoms with Gasteiger partial charge in [0, 0.05) is 34.8 Å². The van der Waals surface area contributed by atoms with Crippen LogP contribution in [0, 0.1) is 0 Å². The van der Waals surface area contributed by atoms with E-state index in [1.54, 1.807) is 42.5 Å². The average Bonchev–Trinajstić information content (AvgIpc) is 2.94. The number of thioether (sulfide) groups is 1. The van der Waals surface area contributed by atoms with Crippen molar-refractivity contribution in [2.75, 3.05) is 23.9 Å². The SMILES string of the molecule is CCN=C(Nc1cc(Cl)cc(Cl)c1)S[C@H]1CC(=O)N(c2cccc(OC)c2)C1=O. The summed E-state index contributed by atoms with van der Waals surface area (Å²) >= 11 is 13.3. The van der Waals surface area contributed by atoms with Crippen LogP contribution >= 0.6 is 35.0 Å². The Morgan fingerprint density at radius 3 is 2.62 bits per heavy atom. The van der Waals surface area contributed by atoms with Gasteiger partial charge in [-0.25, -0.2) is 4.90 Å². The lowest BCUT2D eigenvalue weighted by Crippen LogP contribution is -2.31. The molecule has 0 radical (unpaired) electrons. The standard InChI is InChI=1S/C20H19Cl2N3O3S/c1-3-23-20(24-14-8-12(21)7-13(22)9-14)29-17-11-18(26)25(19(17)27)15-5-4-6-16(10-15)28-2/h4-10,17H,3,11H2,1-2H3,(H,23,24)/t17-/m0/s1. The number of aliphatic imine (C=N–C) groups is 1. The quantitative estimate of drug-likeness (QED) is 0.399. The zero-order valence-corrected chi connectivity index (χ0v) is 18.1. The molecule has 0 saturated carbocycles. The van der Waals surface area contributed by atoms with Crippen LogP contribution < -0.4 is 15.0 Å². The first kappa shape index (κ1) is 21.5. The Labute approximate surface area is 183 Å². The van der Waals surface area contributed by atoms with E-state index >= 15 is 0 Å². The highest BCUT2D eigenvalue weighted by atomic mass is 35.5. The molecule has 0 bridgehead atoms. The Bertz CT molecular complexity index is 947. The zero-order valence-electron chi connectivity index (χ0n) is 15.8. The van der Waals surface area contributed by atoms with Crippen LogP contribution in [0.5, 0.6) is 5.75 Å². The number of hydrogen-bond donors (Lipinski definition) is 1. The van der Waals surface area contributed by atoms with Gasteiger partial charge >= 0.3 is 0 Å². The van der Waals surface area contributed by atoms with Crippen molar-refractivity contribution < 1.29 is 14.3 Å². The Balaban J connectivity index is 1.77. The molecule has 6 nitrogen and oxygen atoms in total. The lowest BCUT2D eigenvalue weighted by Gasteiger charge is -2.16. The molecule has 1 aliphatic rings. The van der Waals surface area contributed by atoms with Crippen LogP contribution in [-0.2, 0) is 9.59 Å². The number of hydrogen-bond acceptors (Lipinski definition) is 5. The second-order valence-corrected chi connectivity index (χ2v) is 8.21. The molecule has 1 atom stereocenters. The summed E-state index contributed by atoms with van der Waals surface area (Å²) in [6.45, 7) is 2.40. The number of carbonyl (C=O) groups is 2. The Morgan fingerprint density at radius 2 is 1.97 bits per heavy atom. The monoisotopic (exact) mass is 451 g/mol. The fraction of sp³-hybridized carbons (Fsp3) is 0.250. The lowest BCUT2D eigenvalue weighted by atomic mass is 10.3. The topological polar surface area (TPSA) is 71.0 Å². The molecule has 3 rings (SSSR count). The van der Waals surface area contributed by atoms with Crippen LogP contribution in [0.3, 0.4) is 0 Å². The third-order valence-corrected chi connectivity index (χ3v) is 5.63. The number of imide groups is 1. The van der Waals surface area contributed by atoms with Crippen LogP contribution in [0.25, 0.3) is 0 Å². The van der Waals surface area contributed by atoms with Crippen LogP contribution in [0.1, 0.15) is 13.3 Å². The van der Waals surface area contributed by atoms with Gasteiger partial charge in [-0.1, -0.05) is 41.0 Å². The summed E-state index contributed by atoms with van der Waals surface area (Å²) in [5.41, 5.74) is 1.15. The Hall–Kier alpha value is -2.22.